The second kappa shape index (κ2) is 5.11. The van der Waals surface area contributed by atoms with Crippen LogP contribution in [0.2, 0.25) is 0 Å². The molecular weight excluding hydrogens is 238 g/mol. The van der Waals surface area contributed by atoms with Crippen LogP contribution in [-0.4, -0.2) is 43.2 Å². The first-order valence-corrected chi connectivity index (χ1v) is 7.17. The van der Waals surface area contributed by atoms with Crippen molar-refractivity contribution in [1.29, 1.82) is 0 Å². The number of hydrogen-bond donors (Lipinski definition) is 1. The minimum atomic E-state index is 0.0885. The van der Waals surface area contributed by atoms with Crippen molar-refractivity contribution in [2.45, 2.75) is 25.8 Å². The molecule has 0 aromatic heterocycles. The molecule has 1 fully saturated rings. The summed E-state index contributed by atoms with van der Waals surface area (Å²) in [6, 6.07) is 9.19. The molecule has 0 spiro atoms. The predicted octanol–water partition coefficient (Wildman–Crippen LogP) is 1.85. The molecule has 0 saturated carbocycles. The number of likely N-dealkylation sites (tertiary alicyclic amines) is 1. The summed E-state index contributed by atoms with van der Waals surface area (Å²) in [5.74, 6) is 0. The number of benzene rings is 1. The van der Waals surface area contributed by atoms with Crippen molar-refractivity contribution < 1.29 is 4.79 Å². The van der Waals surface area contributed by atoms with Gasteiger partial charge in [0.25, 0.3) is 0 Å². The molecule has 1 saturated heterocycles. The second-order valence-corrected chi connectivity index (χ2v) is 5.36. The number of nitrogens with one attached hydrogen (secondary N) is 1. The van der Waals surface area contributed by atoms with Crippen molar-refractivity contribution in [3.63, 3.8) is 0 Å². The van der Waals surface area contributed by atoms with E-state index in [1.165, 1.54) is 11.3 Å². The number of hydrogen-bond acceptors (Lipinski definition) is 2. The summed E-state index contributed by atoms with van der Waals surface area (Å²) in [6.45, 7) is 5.63. The minimum absolute atomic E-state index is 0.0885. The maximum absolute atomic E-state index is 11.8. The van der Waals surface area contributed by atoms with Crippen LogP contribution >= 0.6 is 0 Å². The predicted molar refractivity (Wildman–Crippen MR) is 76.5 cm³/mol. The summed E-state index contributed by atoms with van der Waals surface area (Å²) in [5, 5.41) is 2.93. The van der Waals surface area contributed by atoms with Gasteiger partial charge in [0.1, 0.15) is 0 Å². The Bertz CT molecular complexity index is 468. The zero-order valence-electron chi connectivity index (χ0n) is 11.4. The first-order chi connectivity index (χ1) is 9.29. The Balaban J connectivity index is 1.56. The highest BCUT2D eigenvalue weighted by molar-refractivity contribution is 5.75. The van der Waals surface area contributed by atoms with Crippen molar-refractivity contribution in [2.75, 3.05) is 31.1 Å². The van der Waals surface area contributed by atoms with Crippen molar-refractivity contribution in [2.24, 2.45) is 0 Å². The van der Waals surface area contributed by atoms with Gasteiger partial charge in [0.2, 0.25) is 0 Å². The molecule has 0 atom stereocenters. The van der Waals surface area contributed by atoms with E-state index in [1.54, 1.807) is 0 Å². The third kappa shape index (κ3) is 2.27. The molecule has 0 radical (unpaired) electrons. The summed E-state index contributed by atoms with van der Waals surface area (Å²) in [5.41, 5.74) is 2.80. The fraction of sp³-hybridized carbons (Fsp3) is 0.533. The zero-order chi connectivity index (χ0) is 13.2. The van der Waals surface area contributed by atoms with Gasteiger partial charge < -0.3 is 15.1 Å². The molecule has 4 nitrogen and oxygen atoms in total. The Kier molecular flexibility index (Phi) is 3.32. The maximum Gasteiger partial charge on any atom is 0.317 e. The summed E-state index contributed by atoms with van der Waals surface area (Å²) < 4.78 is 0. The van der Waals surface area contributed by atoms with Gasteiger partial charge in [-0.05, 0) is 24.5 Å². The molecule has 0 aliphatic carbocycles. The lowest BCUT2D eigenvalue weighted by molar-refractivity contribution is 0.149. The summed E-state index contributed by atoms with van der Waals surface area (Å²) in [6.07, 6.45) is 2.12. The van der Waals surface area contributed by atoms with Crippen molar-refractivity contribution >= 4 is 11.7 Å². The van der Waals surface area contributed by atoms with Crippen LogP contribution in [0.3, 0.4) is 0 Å². The van der Waals surface area contributed by atoms with E-state index in [-0.39, 0.29) is 6.03 Å². The molecule has 2 aliphatic heterocycles. The van der Waals surface area contributed by atoms with Crippen LogP contribution in [0, 0.1) is 0 Å². The van der Waals surface area contributed by atoms with Crippen LogP contribution in [0.15, 0.2) is 24.3 Å². The zero-order valence-corrected chi connectivity index (χ0v) is 11.4. The van der Waals surface area contributed by atoms with E-state index in [1.807, 2.05) is 4.90 Å². The lowest BCUT2D eigenvalue weighted by atomic mass is 10.1. The number of nitrogens with zero attached hydrogens (tertiary/aromatic N) is 2. The largest absolute Gasteiger partial charge is 0.364 e. The highest BCUT2D eigenvalue weighted by Gasteiger charge is 2.37. The van der Waals surface area contributed by atoms with E-state index < -0.39 is 0 Å². The maximum atomic E-state index is 11.8. The van der Waals surface area contributed by atoms with Gasteiger partial charge in [-0.25, -0.2) is 4.79 Å². The van der Waals surface area contributed by atoms with E-state index in [9.17, 15) is 4.79 Å². The number of rotatable bonds is 3. The van der Waals surface area contributed by atoms with Gasteiger partial charge >= 0.3 is 6.03 Å². The van der Waals surface area contributed by atoms with Crippen LogP contribution < -0.4 is 10.2 Å². The second-order valence-electron chi connectivity index (χ2n) is 5.36. The first-order valence-electron chi connectivity index (χ1n) is 7.17. The number of amides is 2. The van der Waals surface area contributed by atoms with Crippen LogP contribution in [0.25, 0.3) is 0 Å². The minimum Gasteiger partial charge on any atom is -0.364 e. The number of fused-ring (bicyclic) bond motifs is 1. The SMILES string of the molecule is CCCNC(=O)N1CC(N2CCc3ccccc32)C1. The Labute approximate surface area is 114 Å². The average molecular weight is 259 g/mol. The number of anilines is 1. The van der Waals surface area contributed by atoms with Gasteiger partial charge in [-0.15, -0.1) is 0 Å². The Hall–Kier alpha value is -1.71. The van der Waals surface area contributed by atoms with Gasteiger partial charge in [-0.1, -0.05) is 25.1 Å². The standard InChI is InChI=1S/C15H21N3O/c1-2-8-16-15(19)17-10-13(11-17)18-9-7-12-5-3-4-6-14(12)18/h3-6,13H,2,7-11H2,1H3,(H,16,19). The van der Waals surface area contributed by atoms with E-state index in [2.05, 4.69) is 41.4 Å². The van der Waals surface area contributed by atoms with E-state index in [0.717, 1.165) is 39.0 Å². The van der Waals surface area contributed by atoms with Gasteiger partial charge in [0, 0.05) is 31.9 Å². The highest BCUT2D eigenvalue weighted by atomic mass is 16.2. The third-order valence-corrected chi connectivity index (χ3v) is 4.04. The lowest BCUT2D eigenvalue weighted by Gasteiger charge is -2.45. The summed E-state index contributed by atoms with van der Waals surface area (Å²) >= 11 is 0. The number of urea groups is 1. The van der Waals surface area contributed by atoms with Crippen LogP contribution in [0.5, 0.6) is 0 Å². The molecule has 4 heteroatoms. The normalized spacial score (nSPS) is 18.2. The van der Waals surface area contributed by atoms with Crippen LogP contribution in [0.1, 0.15) is 18.9 Å². The smallest absolute Gasteiger partial charge is 0.317 e. The summed E-state index contributed by atoms with van der Waals surface area (Å²) in [7, 11) is 0. The Morgan fingerprint density at radius 2 is 2.16 bits per heavy atom. The molecule has 3 rings (SSSR count). The number of carbonyl (C=O) groups excluding carboxylic acids is 1. The first kappa shape index (κ1) is 12.3. The lowest BCUT2D eigenvalue weighted by Crippen LogP contribution is -2.63. The molecule has 2 aliphatic rings. The molecule has 1 aromatic carbocycles. The molecule has 1 aromatic rings. The molecule has 0 unspecified atom stereocenters. The van der Waals surface area contributed by atoms with Gasteiger partial charge in [0.15, 0.2) is 0 Å². The molecule has 0 bridgehead atoms. The third-order valence-electron chi connectivity index (χ3n) is 4.04. The quantitative estimate of drug-likeness (QED) is 0.899. The Morgan fingerprint density at radius 1 is 1.37 bits per heavy atom. The van der Waals surface area contributed by atoms with Gasteiger partial charge in [0.05, 0.1) is 6.04 Å². The topological polar surface area (TPSA) is 35.6 Å². The molecule has 2 amide bonds. The molecule has 102 valence electrons. The van der Waals surface area contributed by atoms with Crippen molar-refractivity contribution in [3.05, 3.63) is 29.8 Å². The molecular formula is C15H21N3O. The van der Waals surface area contributed by atoms with E-state index in [0.29, 0.717) is 6.04 Å². The molecule has 2 heterocycles. The van der Waals surface area contributed by atoms with Crippen molar-refractivity contribution in [3.8, 4) is 0 Å². The van der Waals surface area contributed by atoms with E-state index >= 15 is 0 Å². The Morgan fingerprint density at radius 3 is 2.95 bits per heavy atom. The van der Waals surface area contributed by atoms with Gasteiger partial charge in [-0.2, -0.15) is 0 Å². The van der Waals surface area contributed by atoms with Crippen LogP contribution in [0.4, 0.5) is 10.5 Å². The van der Waals surface area contributed by atoms with Crippen molar-refractivity contribution in [1.82, 2.24) is 10.2 Å². The number of para-hydroxylation sites is 1. The fourth-order valence-corrected chi connectivity index (χ4v) is 2.91. The average Bonchev–Trinajstić information content (AvgIpc) is 2.79. The monoisotopic (exact) mass is 259 g/mol. The fourth-order valence-electron chi connectivity index (χ4n) is 2.91. The summed E-state index contributed by atoms with van der Waals surface area (Å²) in [4.78, 5) is 16.1. The highest BCUT2D eigenvalue weighted by Crippen LogP contribution is 2.31. The van der Waals surface area contributed by atoms with Gasteiger partial charge in [-0.3, -0.25) is 0 Å². The van der Waals surface area contributed by atoms with E-state index in [4.69, 9.17) is 0 Å². The molecule has 1 N–H and O–H groups in total. The molecule has 19 heavy (non-hydrogen) atoms. The van der Waals surface area contributed by atoms with Crippen LogP contribution in [-0.2, 0) is 6.42 Å². The number of carbonyl (C=O) groups is 1.